The predicted octanol–water partition coefficient (Wildman–Crippen LogP) is -1.16. The fourth-order valence-corrected chi connectivity index (χ4v) is 5.86. The van der Waals surface area contributed by atoms with Crippen LogP contribution in [0.1, 0.15) is 19.3 Å². The lowest BCUT2D eigenvalue weighted by Gasteiger charge is -2.24. The van der Waals surface area contributed by atoms with Gasteiger partial charge in [-0.15, -0.1) is 0 Å². The zero-order chi connectivity index (χ0) is 17.3. The summed E-state index contributed by atoms with van der Waals surface area (Å²) < 4.78 is 42.6. The Hall–Kier alpha value is -0.920. The van der Waals surface area contributed by atoms with Crippen molar-refractivity contribution in [3.05, 3.63) is 0 Å². The molecule has 1 aliphatic heterocycles. The first-order valence-electron chi connectivity index (χ1n) is 7.27. The minimum Gasteiger partial charge on any atom is -0.691 e. The van der Waals surface area contributed by atoms with Crippen LogP contribution in [-0.4, -0.2) is 50.2 Å². The van der Waals surface area contributed by atoms with Crippen molar-refractivity contribution in [3.8, 4) is 0 Å². The molecule has 0 aromatic heterocycles. The second kappa shape index (κ2) is 7.14. The van der Waals surface area contributed by atoms with Crippen molar-refractivity contribution in [3.63, 3.8) is 0 Å². The summed E-state index contributed by atoms with van der Waals surface area (Å²) in [4.78, 5) is 23.2. The van der Waals surface area contributed by atoms with Crippen molar-refractivity contribution in [1.29, 1.82) is 0 Å². The van der Waals surface area contributed by atoms with E-state index in [0.717, 1.165) is 0 Å². The van der Waals surface area contributed by atoms with E-state index in [9.17, 15) is 23.3 Å². The average Bonchev–Trinajstić information content (AvgIpc) is 3.14. The van der Waals surface area contributed by atoms with Gasteiger partial charge in [-0.1, -0.05) is 0 Å². The van der Waals surface area contributed by atoms with Crippen LogP contribution in [0.15, 0.2) is 0 Å². The first kappa shape index (κ1) is 17.9. The van der Waals surface area contributed by atoms with Gasteiger partial charge in [-0.3, -0.25) is 14.0 Å². The topological polar surface area (TPSA) is 137 Å². The maximum Gasteiger partial charge on any atom is 0.344 e. The molecule has 1 saturated heterocycles. The quantitative estimate of drug-likeness (QED) is 0.125. The van der Waals surface area contributed by atoms with Crippen molar-refractivity contribution in [2.75, 3.05) is 12.4 Å². The molecule has 0 aromatic rings. The van der Waals surface area contributed by atoms with Gasteiger partial charge in [0.05, 0.1) is 11.7 Å². The fourth-order valence-electron chi connectivity index (χ4n) is 3.62. The van der Waals surface area contributed by atoms with Crippen molar-refractivity contribution in [2.45, 2.75) is 36.7 Å². The molecule has 5 atom stereocenters. The first-order chi connectivity index (χ1) is 11.4. The molecule has 5 unspecified atom stereocenters. The van der Waals surface area contributed by atoms with E-state index < -0.39 is 46.1 Å². The highest BCUT2D eigenvalue weighted by atomic mass is 32.2. The molecule has 0 spiro atoms. The minimum atomic E-state index is -3.56. The predicted molar refractivity (Wildman–Crippen MR) is 73.9 cm³/mol. The van der Waals surface area contributed by atoms with Crippen LogP contribution in [-0.2, 0) is 42.7 Å². The maximum atomic E-state index is 11.8. The molecule has 2 saturated carbocycles. The van der Waals surface area contributed by atoms with Crippen LogP contribution in [0.4, 0.5) is 0 Å². The Bertz CT molecular complexity index is 605. The van der Waals surface area contributed by atoms with Crippen LogP contribution in [0.3, 0.4) is 0 Å². The number of ether oxygens (including phenoxy) is 2. The zero-order valence-electron chi connectivity index (χ0n) is 12.3. The molecule has 2 bridgehead atoms. The SMILES string of the molecule is O=C(CCSOO[O-])OCC(=O)OC1C2CC3C1OS(=O)(=O)C3C2. The summed E-state index contributed by atoms with van der Waals surface area (Å²) in [6.07, 6.45) is -0.237. The number of carbonyl (C=O) groups is 2. The molecule has 136 valence electrons. The molecule has 3 fully saturated rings. The largest absolute Gasteiger partial charge is 0.691 e. The molecule has 3 aliphatic rings. The van der Waals surface area contributed by atoms with Crippen LogP contribution in [0, 0.1) is 11.8 Å². The molecule has 0 amide bonds. The van der Waals surface area contributed by atoms with E-state index in [1.165, 1.54) is 0 Å². The maximum absolute atomic E-state index is 11.8. The molecule has 0 N–H and O–H groups in total. The highest BCUT2D eigenvalue weighted by Gasteiger charge is 2.65. The molecule has 12 heteroatoms. The summed E-state index contributed by atoms with van der Waals surface area (Å²) in [5, 5.41) is 12.1. The van der Waals surface area contributed by atoms with E-state index in [2.05, 4.69) is 9.37 Å². The van der Waals surface area contributed by atoms with Crippen LogP contribution in [0.25, 0.3) is 0 Å². The van der Waals surface area contributed by atoms with Crippen LogP contribution < -0.4 is 5.26 Å². The molecular weight excluding hydrogens is 368 g/mol. The van der Waals surface area contributed by atoms with Crippen LogP contribution in [0.2, 0.25) is 0 Å². The molecule has 10 nitrogen and oxygen atoms in total. The van der Waals surface area contributed by atoms with Crippen LogP contribution in [0.5, 0.6) is 0 Å². The number of rotatable bonds is 8. The number of fused-ring (bicyclic) bond motifs is 1. The number of carbonyl (C=O) groups excluding carboxylic acids is 2. The molecular formula is C12H15O10S2-. The lowest BCUT2D eigenvalue weighted by Crippen LogP contribution is -2.38. The average molecular weight is 383 g/mol. The number of esters is 2. The Labute approximate surface area is 141 Å². The van der Waals surface area contributed by atoms with Gasteiger partial charge in [0.15, 0.2) is 6.61 Å². The van der Waals surface area contributed by atoms with Crippen molar-refractivity contribution >= 4 is 34.1 Å². The van der Waals surface area contributed by atoms with Gasteiger partial charge in [-0.05, 0) is 12.8 Å². The van der Waals surface area contributed by atoms with Gasteiger partial charge < -0.3 is 14.7 Å². The standard InChI is InChI=1S/C12H16O10S2/c13-9(1-2-23-22-21-15)18-5-10(14)19-11-6-3-7-8(4-6)24(16,17)20-12(7)11/h6-8,11-12,15H,1-5H2/p-1. The van der Waals surface area contributed by atoms with E-state index in [-0.39, 0.29) is 24.0 Å². The lowest BCUT2D eigenvalue weighted by atomic mass is 9.94. The zero-order valence-corrected chi connectivity index (χ0v) is 14.0. The second-order valence-corrected chi connectivity index (χ2v) is 8.37. The van der Waals surface area contributed by atoms with Gasteiger partial charge in [-0.25, -0.2) is 4.79 Å². The Balaban J connectivity index is 1.41. The third kappa shape index (κ3) is 3.53. The highest BCUT2D eigenvalue weighted by molar-refractivity contribution is 7.94. The third-order valence-corrected chi connectivity index (χ3v) is 6.79. The minimum absolute atomic E-state index is 0.0393. The molecule has 24 heavy (non-hydrogen) atoms. The summed E-state index contributed by atoms with van der Waals surface area (Å²) in [6.45, 7) is -0.570. The third-order valence-electron chi connectivity index (χ3n) is 4.50. The summed E-state index contributed by atoms with van der Waals surface area (Å²) in [5.41, 5.74) is 0. The van der Waals surface area contributed by atoms with Crippen molar-refractivity contribution in [1.82, 2.24) is 0 Å². The summed E-state index contributed by atoms with van der Waals surface area (Å²) >= 11 is 0.633. The summed E-state index contributed by atoms with van der Waals surface area (Å²) in [7, 11) is -3.56. The molecule has 0 aromatic carbocycles. The summed E-state index contributed by atoms with van der Waals surface area (Å²) in [5.74, 6) is -1.46. The van der Waals surface area contributed by atoms with Crippen molar-refractivity contribution < 1.29 is 46.3 Å². The lowest BCUT2D eigenvalue weighted by molar-refractivity contribution is -0.777. The Morgan fingerprint density at radius 2 is 2.04 bits per heavy atom. The number of hydrogen-bond donors (Lipinski definition) is 0. The van der Waals surface area contributed by atoms with E-state index in [1.807, 2.05) is 0 Å². The van der Waals surface area contributed by atoms with E-state index in [4.69, 9.17) is 13.7 Å². The van der Waals surface area contributed by atoms with E-state index in [0.29, 0.717) is 24.9 Å². The fraction of sp³-hybridized carbons (Fsp3) is 0.833. The van der Waals surface area contributed by atoms with Gasteiger partial charge in [0.2, 0.25) is 0 Å². The van der Waals surface area contributed by atoms with Gasteiger partial charge in [0.25, 0.3) is 10.1 Å². The monoisotopic (exact) mass is 383 g/mol. The van der Waals surface area contributed by atoms with Gasteiger partial charge in [-0.2, -0.15) is 12.8 Å². The van der Waals surface area contributed by atoms with Crippen LogP contribution >= 0.6 is 12.0 Å². The van der Waals surface area contributed by atoms with E-state index in [1.54, 1.807) is 0 Å². The Morgan fingerprint density at radius 3 is 2.79 bits per heavy atom. The summed E-state index contributed by atoms with van der Waals surface area (Å²) in [6, 6.07) is 0. The number of hydrogen-bond acceptors (Lipinski definition) is 11. The normalized spacial score (nSPS) is 35.1. The molecule has 0 radical (unpaired) electrons. The Morgan fingerprint density at radius 1 is 1.25 bits per heavy atom. The smallest absolute Gasteiger partial charge is 0.344 e. The van der Waals surface area contributed by atoms with Gasteiger partial charge in [0, 0.05) is 29.6 Å². The molecule has 1 heterocycles. The first-order valence-corrected chi connectivity index (χ1v) is 9.66. The highest BCUT2D eigenvalue weighted by Crippen LogP contribution is 2.55. The van der Waals surface area contributed by atoms with Gasteiger partial charge >= 0.3 is 11.9 Å². The van der Waals surface area contributed by atoms with Gasteiger partial charge in [0.1, 0.15) is 12.2 Å². The van der Waals surface area contributed by atoms with Crippen molar-refractivity contribution in [2.24, 2.45) is 11.8 Å². The second-order valence-electron chi connectivity index (χ2n) is 5.81. The molecule has 2 aliphatic carbocycles. The van der Waals surface area contributed by atoms with E-state index >= 15 is 0 Å². The molecule has 3 rings (SSSR count). The Kier molecular flexibility index (Phi) is 5.32.